The van der Waals surface area contributed by atoms with Crippen LogP contribution < -0.4 is 15.1 Å². The van der Waals surface area contributed by atoms with Crippen LogP contribution in [0.15, 0.2) is 67.8 Å². The molecular weight excluding hydrogens is 370 g/mol. The summed E-state index contributed by atoms with van der Waals surface area (Å²) in [4.78, 5) is 28.0. The summed E-state index contributed by atoms with van der Waals surface area (Å²) >= 11 is 0. The van der Waals surface area contributed by atoms with E-state index in [1.54, 1.807) is 12.1 Å². The number of aryl methyl sites for hydroxylation is 1. The number of fused-ring (bicyclic) bond motifs is 1. The molecule has 1 aliphatic rings. The van der Waals surface area contributed by atoms with E-state index < -0.39 is 11.9 Å². The highest BCUT2D eigenvalue weighted by molar-refractivity contribution is 5.85. The van der Waals surface area contributed by atoms with E-state index in [1.165, 1.54) is 0 Å². The Morgan fingerprint density at radius 1 is 1.03 bits per heavy atom. The number of hydroxylamine groups is 1. The van der Waals surface area contributed by atoms with Gasteiger partial charge in [-0.3, -0.25) is 0 Å². The quantitative estimate of drug-likeness (QED) is 0.319. The van der Waals surface area contributed by atoms with Crippen molar-refractivity contribution in [2.45, 2.75) is 12.8 Å². The second kappa shape index (κ2) is 9.41. The van der Waals surface area contributed by atoms with Gasteiger partial charge in [0.15, 0.2) is 5.75 Å². The zero-order chi connectivity index (χ0) is 20.6. The number of hydrogen-bond donors (Lipinski definition) is 1. The zero-order valence-electron chi connectivity index (χ0n) is 15.9. The lowest BCUT2D eigenvalue weighted by molar-refractivity contribution is -0.137. The Morgan fingerprint density at radius 2 is 1.79 bits per heavy atom. The van der Waals surface area contributed by atoms with E-state index in [9.17, 15) is 9.59 Å². The smallest absolute Gasteiger partial charge is 0.335 e. The normalized spacial score (nSPS) is 11.8. The molecule has 29 heavy (non-hydrogen) atoms. The molecule has 0 unspecified atom stereocenters. The van der Waals surface area contributed by atoms with Crippen molar-refractivity contribution in [3.8, 4) is 11.5 Å². The minimum absolute atomic E-state index is 0.350. The van der Waals surface area contributed by atoms with Crippen molar-refractivity contribution in [2.24, 2.45) is 0 Å². The van der Waals surface area contributed by atoms with Gasteiger partial charge in [0.25, 0.3) is 0 Å². The van der Waals surface area contributed by atoms with Crippen LogP contribution in [-0.4, -0.2) is 18.5 Å². The maximum atomic E-state index is 11.2. The molecular formula is C23H21NO5. The molecule has 1 heterocycles. The van der Waals surface area contributed by atoms with Gasteiger partial charge in [-0.2, -0.15) is 0 Å². The third-order valence-electron chi connectivity index (χ3n) is 4.22. The molecule has 0 fully saturated rings. The predicted octanol–water partition coefficient (Wildman–Crippen LogP) is 3.83. The Bertz CT molecular complexity index is 960. The van der Waals surface area contributed by atoms with Crippen LogP contribution in [0.3, 0.4) is 0 Å². The molecule has 148 valence electrons. The van der Waals surface area contributed by atoms with Crippen molar-refractivity contribution < 1.29 is 23.9 Å². The van der Waals surface area contributed by atoms with Gasteiger partial charge in [-0.15, -0.1) is 0 Å². The first-order valence-corrected chi connectivity index (χ1v) is 9.10. The Labute approximate surface area is 169 Å². The fraction of sp³-hybridized carbons (Fsp3) is 0.130. The Balaban J connectivity index is 1.64. The van der Waals surface area contributed by atoms with Crippen LogP contribution in [0.25, 0.3) is 11.8 Å². The highest BCUT2D eigenvalue weighted by Gasteiger charge is 2.14. The number of rotatable bonds is 8. The molecule has 0 aliphatic carbocycles. The molecule has 3 rings (SSSR count). The van der Waals surface area contributed by atoms with Crippen LogP contribution in [0.2, 0.25) is 0 Å². The highest BCUT2D eigenvalue weighted by atomic mass is 16.6. The number of carbonyl (C=O) groups excluding carboxylic acids is 2. The van der Waals surface area contributed by atoms with Crippen LogP contribution in [-0.2, 0) is 20.7 Å². The molecule has 6 nitrogen and oxygen atoms in total. The first kappa shape index (κ1) is 19.9. The summed E-state index contributed by atoms with van der Waals surface area (Å²) < 4.78 is 10.1. The van der Waals surface area contributed by atoms with Gasteiger partial charge >= 0.3 is 11.9 Å². The minimum atomic E-state index is -0.500. The Kier molecular flexibility index (Phi) is 6.47. The first-order valence-electron chi connectivity index (χ1n) is 9.10. The molecule has 1 N–H and O–H groups in total. The van der Waals surface area contributed by atoms with Crippen molar-refractivity contribution in [1.29, 1.82) is 0 Å². The first-order chi connectivity index (χ1) is 14.1. The maximum absolute atomic E-state index is 11.2. The number of hydrogen-bond acceptors (Lipinski definition) is 6. The topological polar surface area (TPSA) is 73.9 Å². The van der Waals surface area contributed by atoms with E-state index in [0.29, 0.717) is 12.4 Å². The summed E-state index contributed by atoms with van der Waals surface area (Å²) in [5.41, 5.74) is 6.66. The number of ether oxygens (including phenoxy) is 2. The Morgan fingerprint density at radius 3 is 2.52 bits per heavy atom. The van der Waals surface area contributed by atoms with Crippen LogP contribution in [0.4, 0.5) is 0 Å². The van der Waals surface area contributed by atoms with Crippen molar-refractivity contribution in [2.75, 3.05) is 6.61 Å². The largest absolute Gasteiger partial charge is 0.463 e. The van der Waals surface area contributed by atoms with E-state index in [2.05, 4.69) is 18.6 Å². The molecule has 0 saturated carbocycles. The van der Waals surface area contributed by atoms with E-state index in [0.717, 1.165) is 53.1 Å². The molecule has 0 bridgehead atoms. The second-order valence-corrected chi connectivity index (χ2v) is 6.26. The van der Waals surface area contributed by atoms with Crippen LogP contribution in [0, 0.1) is 0 Å². The fourth-order valence-electron chi connectivity index (χ4n) is 2.75. The minimum Gasteiger partial charge on any atom is -0.463 e. The third kappa shape index (κ3) is 5.35. The van der Waals surface area contributed by atoms with Crippen LogP contribution in [0.1, 0.15) is 23.1 Å². The lowest BCUT2D eigenvalue weighted by Crippen LogP contribution is -2.20. The monoisotopic (exact) mass is 391 g/mol. The highest BCUT2D eigenvalue weighted by Crippen LogP contribution is 2.30. The SMILES string of the molecule is C=CC(=O)OCCCc1ccc2c(c1)ONC(c1ccc(OC(=O)C=C)cc1)=C2. The second-order valence-electron chi connectivity index (χ2n) is 6.26. The average Bonchev–Trinajstić information content (AvgIpc) is 2.76. The van der Waals surface area contributed by atoms with Crippen molar-refractivity contribution in [1.82, 2.24) is 5.48 Å². The lowest BCUT2D eigenvalue weighted by atomic mass is 10.0. The molecule has 0 atom stereocenters. The number of carbonyl (C=O) groups is 2. The fourth-order valence-corrected chi connectivity index (χ4v) is 2.75. The van der Waals surface area contributed by atoms with Gasteiger partial charge < -0.3 is 14.3 Å². The summed E-state index contributed by atoms with van der Waals surface area (Å²) in [5.74, 6) is 0.262. The molecule has 0 aromatic heterocycles. The predicted molar refractivity (Wildman–Crippen MR) is 110 cm³/mol. The van der Waals surface area contributed by atoms with Crippen LogP contribution in [0.5, 0.6) is 11.5 Å². The standard InChI is InChI=1S/C23H21NO5/c1-3-22(25)27-13-5-6-16-7-8-18-15-20(24-29-21(18)14-16)17-9-11-19(12-10-17)28-23(26)4-2/h3-4,7-12,14-15,24H,1-2,5-6,13H2. The number of esters is 2. The van der Waals surface area contributed by atoms with Gasteiger partial charge in [0, 0.05) is 23.3 Å². The van der Waals surface area contributed by atoms with Crippen molar-refractivity contribution in [3.63, 3.8) is 0 Å². The summed E-state index contributed by atoms with van der Waals surface area (Å²) in [6, 6.07) is 13.0. The van der Waals surface area contributed by atoms with Crippen molar-refractivity contribution >= 4 is 23.7 Å². The van der Waals surface area contributed by atoms with Gasteiger partial charge in [-0.25, -0.2) is 15.1 Å². The van der Waals surface area contributed by atoms with Gasteiger partial charge in [-0.05, 0) is 54.8 Å². The van der Waals surface area contributed by atoms with E-state index in [4.69, 9.17) is 14.3 Å². The third-order valence-corrected chi connectivity index (χ3v) is 4.22. The Hall–Kier alpha value is -3.80. The zero-order valence-corrected chi connectivity index (χ0v) is 15.9. The molecule has 0 amide bonds. The summed E-state index contributed by atoms with van der Waals surface area (Å²) in [6.45, 7) is 7.09. The van der Waals surface area contributed by atoms with E-state index in [1.807, 2.05) is 36.4 Å². The number of nitrogens with one attached hydrogen (secondary N) is 1. The van der Waals surface area contributed by atoms with Gasteiger partial charge in [-0.1, -0.05) is 25.3 Å². The van der Waals surface area contributed by atoms with E-state index in [-0.39, 0.29) is 0 Å². The van der Waals surface area contributed by atoms with Gasteiger partial charge in [0.1, 0.15) is 5.75 Å². The summed E-state index contributed by atoms with van der Waals surface area (Å²) in [5, 5.41) is 0. The summed E-state index contributed by atoms with van der Waals surface area (Å²) in [6.07, 6.45) is 5.74. The maximum Gasteiger partial charge on any atom is 0.335 e. The van der Waals surface area contributed by atoms with Crippen molar-refractivity contribution in [3.05, 3.63) is 84.5 Å². The molecule has 0 spiro atoms. The number of benzene rings is 2. The molecule has 0 saturated heterocycles. The lowest BCUT2D eigenvalue weighted by Gasteiger charge is -2.20. The molecule has 1 aliphatic heterocycles. The van der Waals surface area contributed by atoms with E-state index >= 15 is 0 Å². The molecule has 2 aromatic carbocycles. The molecule has 2 aromatic rings. The summed E-state index contributed by atoms with van der Waals surface area (Å²) in [7, 11) is 0. The average molecular weight is 391 g/mol. The van der Waals surface area contributed by atoms with Gasteiger partial charge in [0.05, 0.1) is 12.3 Å². The van der Waals surface area contributed by atoms with Crippen LogP contribution >= 0.6 is 0 Å². The molecule has 0 radical (unpaired) electrons. The molecule has 6 heteroatoms. The van der Waals surface area contributed by atoms with Gasteiger partial charge in [0.2, 0.25) is 0 Å².